The van der Waals surface area contributed by atoms with Crippen LogP contribution in [-0.2, 0) is 17.9 Å². The number of carbonyl (C=O) groups excluding carboxylic acids is 2. The molecule has 7 heteroatoms. The third kappa shape index (κ3) is 5.86. The number of imidazole rings is 1. The molecule has 0 bridgehead atoms. The number of hydrogen-bond acceptors (Lipinski definition) is 5. The summed E-state index contributed by atoms with van der Waals surface area (Å²) in [7, 11) is 0. The molecule has 0 radical (unpaired) electrons. The standard InChI is InChI=1S/C24H29N5O2/c1-5-29-14-21(27-15-29)19-10-20(23(26-12-19)24(31)16(2)3)28-22(30)13-25-11-18-8-6-7-17(4)9-18/h6-10,12,14-16,25H,5,11,13H2,1-4H3,(H,28,30). The molecule has 1 aromatic carbocycles. The predicted molar refractivity (Wildman–Crippen MR) is 122 cm³/mol. The zero-order valence-corrected chi connectivity index (χ0v) is 18.5. The lowest BCUT2D eigenvalue weighted by molar-refractivity contribution is -0.115. The zero-order valence-electron chi connectivity index (χ0n) is 18.5. The molecule has 0 aliphatic carbocycles. The van der Waals surface area contributed by atoms with Crippen LogP contribution in [0.15, 0.2) is 49.1 Å². The van der Waals surface area contributed by atoms with Gasteiger partial charge in [0, 0.05) is 37.0 Å². The quantitative estimate of drug-likeness (QED) is 0.515. The summed E-state index contributed by atoms with van der Waals surface area (Å²) in [5, 5.41) is 6.00. The Hall–Kier alpha value is -3.32. The average molecular weight is 420 g/mol. The first-order chi connectivity index (χ1) is 14.9. The van der Waals surface area contributed by atoms with Crippen LogP contribution in [0.25, 0.3) is 11.3 Å². The first kappa shape index (κ1) is 22.4. The van der Waals surface area contributed by atoms with E-state index in [1.165, 1.54) is 5.56 Å². The number of rotatable bonds is 9. The molecule has 0 atom stereocenters. The maximum absolute atomic E-state index is 12.6. The van der Waals surface area contributed by atoms with E-state index in [1.54, 1.807) is 18.6 Å². The Kier molecular flexibility index (Phi) is 7.31. The molecule has 162 valence electrons. The highest BCUT2D eigenvalue weighted by atomic mass is 16.2. The van der Waals surface area contributed by atoms with Gasteiger partial charge in [-0.05, 0) is 25.5 Å². The Morgan fingerprint density at radius 2 is 1.97 bits per heavy atom. The highest BCUT2D eigenvalue weighted by Gasteiger charge is 2.19. The van der Waals surface area contributed by atoms with E-state index in [0.717, 1.165) is 23.4 Å². The fourth-order valence-electron chi connectivity index (χ4n) is 3.19. The summed E-state index contributed by atoms with van der Waals surface area (Å²) in [6.45, 7) is 9.21. The van der Waals surface area contributed by atoms with Gasteiger partial charge in [-0.25, -0.2) is 4.98 Å². The van der Waals surface area contributed by atoms with Crippen molar-refractivity contribution in [3.05, 3.63) is 65.9 Å². The summed E-state index contributed by atoms with van der Waals surface area (Å²) < 4.78 is 1.95. The topological polar surface area (TPSA) is 88.9 Å². The van der Waals surface area contributed by atoms with Crippen molar-refractivity contribution in [1.82, 2.24) is 19.9 Å². The molecule has 0 saturated carbocycles. The van der Waals surface area contributed by atoms with E-state index < -0.39 is 0 Å². The number of aryl methyl sites for hydroxylation is 2. The highest BCUT2D eigenvalue weighted by Crippen LogP contribution is 2.24. The van der Waals surface area contributed by atoms with Gasteiger partial charge in [-0.2, -0.15) is 0 Å². The van der Waals surface area contributed by atoms with Gasteiger partial charge in [0.1, 0.15) is 5.69 Å². The molecule has 7 nitrogen and oxygen atoms in total. The van der Waals surface area contributed by atoms with Crippen molar-refractivity contribution in [2.45, 2.75) is 40.8 Å². The third-order valence-electron chi connectivity index (χ3n) is 4.91. The lowest BCUT2D eigenvalue weighted by Gasteiger charge is -2.13. The Balaban J connectivity index is 1.75. The fraction of sp³-hybridized carbons (Fsp3) is 0.333. The summed E-state index contributed by atoms with van der Waals surface area (Å²) in [6.07, 6.45) is 5.29. The second kappa shape index (κ2) is 10.1. The second-order valence-electron chi connectivity index (χ2n) is 7.87. The largest absolute Gasteiger partial charge is 0.337 e. The van der Waals surface area contributed by atoms with Crippen LogP contribution in [0.5, 0.6) is 0 Å². The van der Waals surface area contributed by atoms with E-state index >= 15 is 0 Å². The SMILES string of the molecule is CCn1cnc(-c2cnc(C(=O)C(C)C)c(NC(=O)CNCc3cccc(C)c3)c2)c1. The molecule has 0 unspecified atom stereocenters. The van der Waals surface area contributed by atoms with E-state index in [-0.39, 0.29) is 29.8 Å². The van der Waals surface area contributed by atoms with Crippen molar-refractivity contribution < 1.29 is 9.59 Å². The van der Waals surface area contributed by atoms with Crippen LogP contribution in [0.2, 0.25) is 0 Å². The van der Waals surface area contributed by atoms with Gasteiger partial charge in [0.05, 0.1) is 24.3 Å². The summed E-state index contributed by atoms with van der Waals surface area (Å²) in [6, 6.07) is 9.89. The molecular weight excluding hydrogens is 390 g/mol. The molecular formula is C24H29N5O2. The minimum atomic E-state index is -0.233. The fourth-order valence-corrected chi connectivity index (χ4v) is 3.19. The molecule has 31 heavy (non-hydrogen) atoms. The van der Waals surface area contributed by atoms with Crippen LogP contribution >= 0.6 is 0 Å². The molecule has 0 aliphatic heterocycles. The molecule has 0 fully saturated rings. The van der Waals surface area contributed by atoms with Crippen LogP contribution < -0.4 is 10.6 Å². The molecule has 2 aromatic heterocycles. The number of nitrogens with one attached hydrogen (secondary N) is 2. The van der Waals surface area contributed by atoms with Gasteiger partial charge in [-0.15, -0.1) is 0 Å². The minimum Gasteiger partial charge on any atom is -0.337 e. The monoisotopic (exact) mass is 419 g/mol. The van der Waals surface area contributed by atoms with E-state index in [9.17, 15) is 9.59 Å². The number of nitrogens with zero attached hydrogens (tertiary/aromatic N) is 3. The van der Waals surface area contributed by atoms with Crippen molar-refractivity contribution in [2.24, 2.45) is 5.92 Å². The predicted octanol–water partition coefficient (Wildman–Crippen LogP) is 3.84. The Morgan fingerprint density at radius 1 is 1.16 bits per heavy atom. The summed E-state index contributed by atoms with van der Waals surface area (Å²) in [5.74, 6) is -0.579. The van der Waals surface area contributed by atoms with Gasteiger partial charge >= 0.3 is 0 Å². The number of aromatic nitrogens is 3. The number of carbonyl (C=O) groups is 2. The molecule has 3 rings (SSSR count). The zero-order chi connectivity index (χ0) is 22.4. The number of pyridine rings is 1. The Bertz CT molecular complexity index is 1070. The van der Waals surface area contributed by atoms with Crippen molar-refractivity contribution in [2.75, 3.05) is 11.9 Å². The van der Waals surface area contributed by atoms with Gasteiger partial charge in [0.2, 0.25) is 5.91 Å². The number of Topliss-reactive ketones (excluding diaryl/α,β-unsaturated/α-hetero) is 1. The van der Waals surface area contributed by atoms with Crippen LogP contribution in [0.1, 0.15) is 42.4 Å². The van der Waals surface area contributed by atoms with Crippen LogP contribution in [0.3, 0.4) is 0 Å². The number of benzene rings is 1. The summed E-state index contributed by atoms with van der Waals surface area (Å²) in [5.41, 5.74) is 4.44. The average Bonchev–Trinajstić information content (AvgIpc) is 3.22. The van der Waals surface area contributed by atoms with Crippen LogP contribution in [0, 0.1) is 12.8 Å². The first-order valence-electron chi connectivity index (χ1n) is 10.5. The molecule has 0 saturated heterocycles. The number of anilines is 1. The van der Waals surface area contributed by atoms with E-state index in [4.69, 9.17) is 0 Å². The van der Waals surface area contributed by atoms with Crippen molar-refractivity contribution in [1.29, 1.82) is 0 Å². The van der Waals surface area contributed by atoms with E-state index in [1.807, 2.05) is 56.7 Å². The number of hydrogen-bond donors (Lipinski definition) is 2. The smallest absolute Gasteiger partial charge is 0.238 e. The van der Waals surface area contributed by atoms with Gasteiger partial charge in [-0.3, -0.25) is 14.6 Å². The summed E-state index contributed by atoms with van der Waals surface area (Å²) >= 11 is 0. The molecule has 0 spiro atoms. The Labute approximate surface area is 182 Å². The maximum Gasteiger partial charge on any atom is 0.238 e. The van der Waals surface area contributed by atoms with Crippen molar-refractivity contribution in [3.63, 3.8) is 0 Å². The molecule has 1 amide bonds. The minimum absolute atomic E-state index is 0.117. The van der Waals surface area contributed by atoms with Gasteiger partial charge in [0.25, 0.3) is 0 Å². The lowest BCUT2D eigenvalue weighted by Crippen LogP contribution is -2.28. The summed E-state index contributed by atoms with van der Waals surface area (Å²) in [4.78, 5) is 34.0. The number of ketones is 1. The lowest BCUT2D eigenvalue weighted by atomic mass is 10.0. The van der Waals surface area contributed by atoms with Gasteiger partial charge in [0.15, 0.2) is 5.78 Å². The maximum atomic E-state index is 12.6. The normalized spacial score (nSPS) is 11.0. The molecule has 0 aliphatic rings. The van der Waals surface area contributed by atoms with Crippen molar-refractivity contribution in [3.8, 4) is 11.3 Å². The van der Waals surface area contributed by atoms with E-state index in [2.05, 4.69) is 26.7 Å². The molecule has 2 N–H and O–H groups in total. The first-order valence-corrected chi connectivity index (χ1v) is 10.5. The van der Waals surface area contributed by atoms with E-state index in [0.29, 0.717) is 12.2 Å². The number of amides is 1. The molecule has 2 heterocycles. The van der Waals surface area contributed by atoms with Crippen LogP contribution in [-0.4, -0.2) is 32.8 Å². The van der Waals surface area contributed by atoms with Crippen LogP contribution in [0.4, 0.5) is 5.69 Å². The van der Waals surface area contributed by atoms with Crippen molar-refractivity contribution >= 4 is 17.4 Å². The van der Waals surface area contributed by atoms with Gasteiger partial charge in [-0.1, -0.05) is 43.7 Å². The highest BCUT2D eigenvalue weighted by molar-refractivity contribution is 6.05. The second-order valence-corrected chi connectivity index (χ2v) is 7.87. The third-order valence-corrected chi connectivity index (χ3v) is 4.91. The van der Waals surface area contributed by atoms with Gasteiger partial charge < -0.3 is 15.2 Å². The Morgan fingerprint density at radius 3 is 2.65 bits per heavy atom. The molecule has 3 aromatic rings.